The number of nitro benzene ring substituents is 1. The van der Waals surface area contributed by atoms with Crippen LogP contribution in [0.25, 0.3) is 0 Å². The second kappa shape index (κ2) is 5.15. The number of nitrogens with zero attached hydrogens (tertiary/aromatic N) is 5. The van der Waals surface area contributed by atoms with E-state index in [9.17, 15) is 10.1 Å². The Morgan fingerprint density at radius 1 is 1.42 bits per heavy atom. The second-order valence-corrected chi connectivity index (χ2v) is 4.58. The molecule has 1 aliphatic heterocycles. The molecule has 1 aromatic rings. The molecule has 7 nitrogen and oxygen atoms in total. The third-order valence-corrected chi connectivity index (χ3v) is 2.81. The third-order valence-electron chi connectivity index (χ3n) is 2.81. The minimum absolute atomic E-state index is 0.0449. The van der Waals surface area contributed by atoms with Crippen LogP contribution in [0.15, 0.2) is 46.9 Å². The summed E-state index contributed by atoms with van der Waals surface area (Å²) >= 11 is 0. The maximum Gasteiger partial charge on any atom is 0.269 e. The third kappa shape index (κ3) is 2.76. The van der Waals surface area contributed by atoms with Crippen LogP contribution in [0.1, 0.15) is 0 Å². The van der Waals surface area contributed by atoms with Crippen molar-refractivity contribution >= 4 is 11.4 Å². The molecule has 2 rings (SSSR count). The maximum absolute atomic E-state index is 10.6. The van der Waals surface area contributed by atoms with E-state index in [1.807, 2.05) is 19.0 Å². The lowest BCUT2D eigenvalue weighted by molar-refractivity contribution is -0.384. The van der Waals surface area contributed by atoms with Gasteiger partial charge in [-0.3, -0.25) is 10.1 Å². The van der Waals surface area contributed by atoms with Gasteiger partial charge in [-0.1, -0.05) is 11.8 Å². The van der Waals surface area contributed by atoms with Gasteiger partial charge in [0.05, 0.1) is 16.3 Å². The van der Waals surface area contributed by atoms with Crippen LogP contribution >= 0.6 is 0 Å². The highest BCUT2D eigenvalue weighted by Gasteiger charge is 2.28. The molecule has 7 heteroatoms. The lowest BCUT2D eigenvalue weighted by atomic mass is 10.2. The summed E-state index contributed by atoms with van der Waals surface area (Å²) in [4.78, 5) is 12.2. The standard InChI is InChI=1S/C12H15N5O2/c1-9-12(8-15(2)3)16(14-13-9)10-4-6-11(7-5-10)17(18)19/h4-7,12H,1,8H2,2-3H3. The quantitative estimate of drug-likeness (QED) is 0.615. The highest BCUT2D eigenvalue weighted by Crippen LogP contribution is 2.28. The number of benzene rings is 1. The van der Waals surface area contributed by atoms with Gasteiger partial charge in [-0.05, 0) is 26.2 Å². The molecule has 0 fully saturated rings. The van der Waals surface area contributed by atoms with Crippen molar-refractivity contribution in [2.24, 2.45) is 10.3 Å². The molecule has 19 heavy (non-hydrogen) atoms. The van der Waals surface area contributed by atoms with Crippen molar-refractivity contribution in [2.45, 2.75) is 6.04 Å². The Labute approximate surface area is 111 Å². The van der Waals surface area contributed by atoms with Crippen LogP contribution in [-0.2, 0) is 0 Å². The van der Waals surface area contributed by atoms with E-state index < -0.39 is 4.92 Å². The molecule has 1 aromatic carbocycles. The van der Waals surface area contributed by atoms with Crippen LogP contribution in [-0.4, -0.2) is 36.5 Å². The first kappa shape index (κ1) is 13.2. The van der Waals surface area contributed by atoms with Gasteiger partial charge in [0, 0.05) is 18.7 Å². The van der Waals surface area contributed by atoms with E-state index in [1.54, 1.807) is 17.1 Å². The lowest BCUT2D eigenvalue weighted by Crippen LogP contribution is -2.37. The zero-order chi connectivity index (χ0) is 14.0. The highest BCUT2D eigenvalue weighted by molar-refractivity contribution is 5.53. The molecule has 0 bridgehead atoms. The second-order valence-electron chi connectivity index (χ2n) is 4.58. The fourth-order valence-electron chi connectivity index (χ4n) is 1.86. The van der Waals surface area contributed by atoms with Gasteiger partial charge in [-0.15, -0.1) is 5.11 Å². The maximum atomic E-state index is 10.6. The van der Waals surface area contributed by atoms with Crippen molar-refractivity contribution in [3.8, 4) is 0 Å². The molecule has 0 spiro atoms. The number of hydrogen-bond acceptors (Lipinski definition) is 6. The summed E-state index contributed by atoms with van der Waals surface area (Å²) in [5, 5.41) is 20.4. The van der Waals surface area contributed by atoms with Crippen molar-refractivity contribution in [1.82, 2.24) is 4.90 Å². The summed E-state index contributed by atoms with van der Waals surface area (Å²) < 4.78 is 0. The smallest absolute Gasteiger partial charge is 0.269 e. The summed E-state index contributed by atoms with van der Waals surface area (Å²) in [6.07, 6.45) is 0. The largest absolute Gasteiger partial charge is 0.307 e. The summed E-state index contributed by atoms with van der Waals surface area (Å²) in [5.74, 6) is 0. The number of nitro groups is 1. The fraction of sp³-hybridized carbons (Fsp3) is 0.333. The molecule has 100 valence electrons. The molecule has 1 unspecified atom stereocenters. The average Bonchev–Trinajstić information content (AvgIpc) is 2.71. The van der Waals surface area contributed by atoms with Crippen LogP contribution < -0.4 is 5.01 Å². The molecule has 0 N–H and O–H groups in total. The van der Waals surface area contributed by atoms with Crippen molar-refractivity contribution in [3.63, 3.8) is 0 Å². The summed E-state index contributed by atoms with van der Waals surface area (Å²) in [7, 11) is 3.92. The minimum Gasteiger partial charge on any atom is -0.307 e. The Balaban J connectivity index is 2.22. The minimum atomic E-state index is -0.425. The zero-order valence-electron chi connectivity index (χ0n) is 10.9. The van der Waals surface area contributed by atoms with Crippen LogP contribution in [0.4, 0.5) is 11.4 Å². The molecule has 0 radical (unpaired) electrons. The molecule has 0 saturated carbocycles. The van der Waals surface area contributed by atoms with E-state index in [4.69, 9.17) is 0 Å². The van der Waals surface area contributed by atoms with Gasteiger partial charge in [0.1, 0.15) is 6.04 Å². The van der Waals surface area contributed by atoms with E-state index in [-0.39, 0.29) is 11.7 Å². The first-order valence-corrected chi connectivity index (χ1v) is 5.78. The molecular formula is C12H15N5O2. The topological polar surface area (TPSA) is 74.3 Å². The highest BCUT2D eigenvalue weighted by atomic mass is 16.6. The summed E-state index contributed by atoms with van der Waals surface area (Å²) in [6, 6.07) is 6.20. The van der Waals surface area contributed by atoms with Crippen LogP contribution in [0.2, 0.25) is 0 Å². The average molecular weight is 261 g/mol. The molecule has 0 aliphatic carbocycles. The van der Waals surface area contributed by atoms with Crippen molar-refractivity contribution in [1.29, 1.82) is 0 Å². The van der Waals surface area contributed by atoms with E-state index in [0.717, 1.165) is 12.2 Å². The van der Waals surface area contributed by atoms with Crippen molar-refractivity contribution < 1.29 is 4.92 Å². The number of hydrogen-bond donors (Lipinski definition) is 0. The SMILES string of the molecule is C=C1N=NN(c2ccc([N+](=O)[O-])cc2)C1CN(C)C. The molecular weight excluding hydrogens is 246 g/mol. The van der Waals surface area contributed by atoms with Crippen LogP contribution in [0, 0.1) is 10.1 Å². The van der Waals surface area contributed by atoms with Gasteiger partial charge in [0.15, 0.2) is 0 Å². The predicted molar refractivity (Wildman–Crippen MR) is 71.9 cm³/mol. The molecule has 0 amide bonds. The summed E-state index contributed by atoms with van der Waals surface area (Å²) in [5.41, 5.74) is 1.51. The van der Waals surface area contributed by atoms with E-state index in [1.165, 1.54) is 12.1 Å². The molecule has 0 saturated heterocycles. The Morgan fingerprint density at radius 3 is 2.58 bits per heavy atom. The van der Waals surface area contributed by atoms with E-state index in [2.05, 4.69) is 16.9 Å². The predicted octanol–water partition coefficient (Wildman–Crippen LogP) is 2.23. The number of non-ortho nitro benzene ring substituents is 1. The van der Waals surface area contributed by atoms with Gasteiger partial charge in [-0.25, -0.2) is 5.01 Å². The van der Waals surface area contributed by atoms with Gasteiger partial charge < -0.3 is 4.90 Å². The first-order valence-electron chi connectivity index (χ1n) is 5.78. The molecule has 1 aliphatic rings. The van der Waals surface area contributed by atoms with Crippen molar-refractivity contribution in [2.75, 3.05) is 25.6 Å². The Kier molecular flexibility index (Phi) is 3.57. The first-order chi connectivity index (χ1) is 8.99. The van der Waals surface area contributed by atoms with E-state index >= 15 is 0 Å². The number of rotatable bonds is 4. The summed E-state index contributed by atoms with van der Waals surface area (Å²) in [6.45, 7) is 4.60. The van der Waals surface area contributed by atoms with Gasteiger partial charge >= 0.3 is 0 Å². The molecule has 0 aromatic heterocycles. The molecule has 1 heterocycles. The van der Waals surface area contributed by atoms with Gasteiger partial charge in [0.2, 0.25) is 0 Å². The van der Waals surface area contributed by atoms with Crippen molar-refractivity contribution in [3.05, 3.63) is 46.7 Å². The fourth-order valence-corrected chi connectivity index (χ4v) is 1.86. The number of anilines is 1. The van der Waals surface area contributed by atoms with Crippen LogP contribution in [0.3, 0.4) is 0 Å². The Hall–Kier alpha value is -2.28. The zero-order valence-corrected chi connectivity index (χ0v) is 10.9. The monoisotopic (exact) mass is 261 g/mol. The van der Waals surface area contributed by atoms with Gasteiger partial charge in [0.25, 0.3) is 5.69 Å². The number of likely N-dealkylation sites (N-methyl/N-ethyl adjacent to an activating group) is 1. The van der Waals surface area contributed by atoms with Gasteiger partial charge in [-0.2, -0.15) is 0 Å². The normalized spacial score (nSPS) is 18.4. The Morgan fingerprint density at radius 2 is 2.05 bits per heavy atom. The molecule has 1 atom stereocenters. The van der Waals surface area contributed by atoms with Crippen LogP contribution in [0.5, 0.6) is 0 Å². The lowest BCUT2D eigenvalue weighted by Gasteiger charge is -2.24. The Bertz CT molecular complexity index is 523. The van der Waals surface area contributed by atoms with E-state index in [0.29, 0.717) is 5.70 Å².